The number of aryl methyl sites for hydroxylation is 1. The van der Waals surface area contributed by atoms with Gasteiger partial charge in [0.15, 0.2) is 0 Å². The van der Waals surface area contributed by atoms with E-state index in [1.54, 1.807) is 25.3 Å². The molecule has 8 heteroatoms. The van der Waals surface area contributed by atoms with Crippen molar-refractivity contribution in [2.24, 2.45) is 0 Å². The van der Waals surface area contributed by atoms with E-state index in [2.05, 4.69) is 37.5 Å². The van der Waals surface area contributed by atoms with E-state index in [0.717, 1.165) is 11.3 Å². The molecule has 28 heavy (non-hydrogen) atoms. The highest BCUT2D eigenvalue weighted by Crippen LogP contribution is 2.30. The van der Waals surface area contributed by atoms with Crippen LogP contribution in [0.5, 0.6) is 5.75 Å². The highest BCUT2D eigenvalue weighted by molar-refractivity contribution is 5.99. The SMILES string of the molecule is C=CC(=O)Nc1ccc(OC)c(Nc2ncnc(Nc3ccccc3C)n2)c1. The van der Waals surface area contributed by atoms with Crippen LogP contribution < -0.4 is 20.7 Å². The van der Waals surface area contributed by atoms with Crippen LogP contribution in [0.1, 0.15) is 5.56 Å². The molecule has 2 aromatic carbocycles. The Hall–Kier alpha value is -3.94. The monoisotopic (exact) mass is 376 g/mol. The van der Waals surface area contributed by atoms with E-state index in [0.29, 0.717) is 29.0 Å². The predicted octanol–water partition coefficient (Wildman–Crippen LogP) is 3.80. The van der Waals surface area contributed by atoms with Gasteiger partial charge in [-0.05, 0) is 42.8 Å². The van der Waals surface area contributed by atoms with Crippen molar-refractivity contribution in [1.82, 2.24) is 15.0 Å². The van der Waals surface area contributed by atoms with Gasteiger partial charge in [0.05, 0.1) is 12.8 Å². The molecule has 3 rings (SSSR count). The number of nitrogens with zero attached hydrogens (tertiary/aromatic N) is 3. The van der Waals surface area contributed by atoms with Crippen molar-refractivity contribution in [3.63, 3.8) is 0 Å². The third-order valence-electron chi connectivity index (χ3n) is 3.86. The van der Waals surface area contributed by atoms with E-state index in [4.69, 9.17) is 4.74 Å². The van der Waals surface area contributed by atoms with Gasteiger partial charge in [0, 0.05) is 11.4 Å². The Kier molecular flexibility index (Phi) is 5.81. The second-order valence-corrected chi connectivity index (χ2v) is 5.81. The zero-order valence-electron chi connectivity index (χ0n) is 15.6. The molecule has 0 aliphatic carbocycles. The van der Waals surface area contributed by atoms with Crippen molar-refractivity contribution in [1.29, 1.82) is 0 Å². The van der Waals surface area contributed by atoms with Crippen LogP contribution in [0.25, 0.3) is 0 Å². The maximum atomic E-state index is 11.5. The maximum Gasteiger partial charge on any atom is 0.247 e. The van der Waals surface area contributed by atoms with E-state index >= 15 is 0 Å². The van der Waals surface area contributed by atoms with Gasteiger partial charge in [0.1, 0.15) is 12.1 Å². The molecule has 1 aromatic heterocycles. The number of aromatic nitrogens is 3. The van der Waals surface area contributed by atoms with Crippen molar-refractivity contribution >= 4 is 34.9 Å². The van der Waals surface area contributed by atoms with E-state index in [1.165, 1.54) is 12.4 Å². The number of rotatable bonds is 7. The second kappa shape index (κ2) is 8.63. The van der Waals surface area contributed by atoms with E-state index in [-0.39, 0.29) is 5.91 Å². The molecule has 3 aromatic rings. The number of carbonyl (C=O) groups is 1. The van der Waals surface area contributed by atoms with Crippen molar-refractivity contribution in [2.45, 2.75) is 6.92 Å². The zero-order chi connectivity index (χ0) is 19.9. The first-order valence-corrected chi connectivity index (χ1v) is 8.49. The fraction of sp³-hybridized carbons (Fsp3) is 0.100. The normalized spacial score (nSPS) is 10.1. The Bertz CT molecular complexity index is 1010. The number of hydrogen-bond donors (Lipinski definition) is 3. The number of carbonyl (C=O) groups excluding carboxylic acids is 1. The molecule has 3 N–H and O–H groups in total. The second-order valence-electron chi connectivity index (χ2n) is 5.81. The third kappa shape index (κ3) is 4.61. The smallest absolute Gasteiger partial charge is 0.247 e. The number of para-hydroxylation sites is 1. The van der Waals surface area contributed by atoms with Crippen LogP contribution in [0, 0.1) is 6.92 Å². The van der Waals surface area contributed by atoms with Crippen LogP contribution in [0.4, 0.5) is 29.0 Å². The summed E-state index contributed by atoms with van der Waals surface area (Å²) in [5.41, 5.74) is 3.16. The number of amides is 1. The fourth-order valence-corrected chi connectivity index (χ4v) is 2.45. The van der Waals surface area contributed by atoms with Crippen molar-refractivity contribution in [2.75, 3.05) is 23.1 Å². The highest BCUT2D eigenvalue weighted by atomic mass is 16.5. The lowest BCUT2D eigenvalue weighted by molar-refractivity contribution is -0.111. The first kappa shape index (κ1) is 18.8. The molecule has 1 amide bonds. The summed E-state index contributed by atoms with van der Waals surface area (Å²) in [4.78, 5) is 24.2. The molecule has 1 heterocycles. The molecule has 0 unspecified atom stereocenters. The number of ether oxygens (including phenoxy) is 1. The summed E-state index contributed by atoms with van der Waals surface area (Å²) in [6.45, 7) is 5.44. The predicted molar refractivity (Wildman–Crippen MR) is 109 cm³/mol. The molecule has 0 bridgehead atoms. The Balaban J connectivity index is 1.83. The maximum absolute atomic E-state index is 11.5. The molecule has 0 saturated carbocycles. The van der Waals surface area contributed by atoms with Crippen molar-refractivity contribution in [3.8, 4) is 5.75 Å². The Labute approximate surface area is 162 Å². The fourth-order valence-electron chi connectivity index (χ4n) is 2.45. The van der Waals surface area contributed by atoms with Gasteiger partial charge in [-0.25, -0.2) is 9.97 Å². The molecule has 0 radical (unpaired) electrons. The summed E-state index contributed by atoms with van der Waals surface area (Å²) >= 11 is 0. The minimum Gasteiger partial charge on any atom is -0.495 e. The number of nitrogens with one attached hydrogen (secondary N) is 3. The van der Waals surface area contributed by atoms with E-state index in [1.807, 2.05) is 31.2 Å². The van der Waals surface area contributed by atoms with Gasteiger partial charge >= 0.3 is 0 Å². The van der Waals surface area contributed by atoms with Crippen LogP contribution in [-0.2, 0) is 4.79 Å². The lowest BCUT2D eigenvalue weighted by Gasteiger charge is -2.13. The standard InChI is InChI=1S/C20H20N6O2/c1-4-18(27)23-14-9-10-17(28-3)16(11-14)25-20-22-12-21-19(26-20)24-15-8-6-5-7-13(15)2/h4-12H,1H2,2-3H3,(H,23,27)(H2,21,22,24,25,26). The van der Waals surface area contributed by atoms with Crippen LogP contribution in [0.2, 0.25) is 0 Å². The van der Waals surface area contributed by atoms with Gasteiger partial charge < -0.3 is 20.7 Å². The average Bonchev–Trinajstić information content (AvgIpc) is 2.70. The number of hydrogen-bond acceptors (Lipinski definition) is 7. The summed E-state index contributed by atoms with van der Waals surface area (Å²) in [6, 6.07) is 13.0. The summed E-state index contributed by atoms with van der Waals surface area (Å²) in [7, 11) is 1.56. The quantitative estimate of drug-likeness (QED) is 0.539. The van der Waals surface area contributed by atoms with Gasteiger partial charge in [-0.1, -0.05) is 24.8 Å². The van der Waals surface area contributed by atoms with Crippen molar-refractivity contribution < 1.29 is 9.53 Å². The number of anilines is 5. The van der Waals surface area contributed by atoms with Gasteiger partial charge in [0.2, 0.25) is 17.8 Å². The molecule has 0 aliphatic heterocycles. The molecular formula is C20H20N6O2. The third-order valence-corrected chi connectivity index (χ3v) is 3.86. The Morgan fingerprint density at radius 1 is 1.07 bits per heavy atom. The van der Waals surface area contributed by atoms with Crippen LogP contribution in [0.15, 0.2) is 61.4 Å². The van der Waals surface area contributed by atoms with Gasteiger partial charge in [0.25, 0.3) is 0 Å². The Morgan fingerprint density at radius 2 is 1.79 bits per heavy atom. The molecule has 0 aliphatic rings. The van der Waals surface area contributed by atoms with E-state index in [9.17, 15) is 4.79 Å². The lowest BCUT2D eigenvalue weighted by atomic mass is 10.2. The summed E-state index contributed by atoms with van der Waals surface area (Å²) in [5.74, 6) is 1.00. The molecular weight excluding hydrogens is 356 g/mol. The minimum atomic E-state index is -0.305. The zero-order valence-corrected chi connectivity index (χ0v) is 15.6. The summed E-state index contributed by atoms with van der Waals surface area (Å²) in [5, 5.41) is 8.96. The first-order valence-electron chi connectivity index (χ1n) is 8.49. The Morgan fingerprint density at radius 3 is 2.46 bits per heavy atom. The molecule has 8 nitrogen and oxygen atoms in total. The van der Waals surface area contributed by atoms with Crippen LogP contribution in [0.3, 0.4) is 0 Å². The van der Waals surface area contributed by atoms with Gasteiger partial charge in [-0.3, -0.25) is 4.79 Å². The van der Waals surface area contributed by atoms with Gasteiger partial charge in [-0.15, -0.1) is 0 Å². The average molecular weight is 376 g/mol. The molecule has 0 saturated heterocycles. The summed E-state index contributed by atoms with van der Waals surface area (Å²) in [6.07, 6.45) is 2.61. The molecule has 0 atom stereocenters. The van der Waals surface area contributed by atoms with Gasteiger partial charge in [-0.2, -0.15) is 4.98 Å². The number of methoxy groups -OCH3 is 1. The molecule has 0 spiro atoms. The summed E-state index contributed by atoms with van der Waals surface area (Å²) < 4.78 is 5.36. The minimum absolute atomic E-state index is 0.305. The lowest BCUT2D eigenvalue weighted by Crippen LogP contribution is -2.08. The highest BCUT2D eigenvalue weighted by Gasteiger charge is 2.09. The largest absolute Gasteiger partial charge is 0.495 e. The topological polar surface area (TPSA) is 101 Å². The van der Waals surface area contributed by atoms with E-state index < -0.39 is 0 Å². The van der Waals surface area contributed by atoms with Crippen LogP contribution in [-0.4, -0.2) is 28.0 Å². The van der Waals surface area contributed by atoms with Crippen LogP contribution >= 0.6 is 0 Å². The number of benzene rings is 2. The first-order chi connectivity index (χ1) is 13.6. The molecule has 142 valence electrons. The van der Waals surface area contributed by atoms with Crippen molar-refractivity contribution in [3.05, 3.63) is 67.0 Å². The molecule has 0 fully saturated rings.